The summed E-state index contributed by atoms with van der Waals surface area (Å²) in [6.07, 6.45) is 11.0. The first kappa shape index (κ1) is 16.0. The highest BCUT2D eigenvalue weighted by Crippen LogP contribution is 2.24. The molecule has 116 valence electrons. The quantitative estimate of drug-likeness (QED) is 0.576. The van der Waals surface area contributed by atoms with Crippen LogP contribution in [0.3, 0.4) is 0 Å². The summed E-state index contributed by atoms with van der Waals surface area (Å²) in [5.41, 5.74) is 2.21. The number of hydrogen-bond donors (Lipinski definition) is 0. The van der Waals surface area contributed by atoms with Crippen LogP contribution in [0.5, 0.6) is 0 Å². The van der Waals surface area contributed by atoms with E-state index in [1.807, 2.05) is 24.7 Å². The van der Waals surface area contributed by atoms with E-state index < -0.39 is 0 Å². The van der Waals surface area contributed by atoms with Gasteiger partial charge in [0, 0.05) is 18.5 Å². The molecule has 1 aromatic carbocycles. The Hall–Kier alpha value is -2.36. The standard InChI is InChI=1S/C18H22N2O2/c1-3-6-17(20-12-11-19-14-20)16-8-5-7-15(13-16)9-10-18(21)22-4-2/h5,7-14,17H,3-4,6H2,1-2H3. The lowest BCUT2D eigenvalue weighted by atomic mass is 10.00. The van der Waals surface area contributed by atoms with Gasteiger partial charge in [-0.3, -0.25) is 0 Å². The van der Waals surface area contributed by atoms with Crippen LogP contribution < -0.4 is 0 Å². The van der Waals surface area contributed by atoms with E-state index in [4.69, 9.17) is 4.74 Å². The van der Waals surface area contributed by atoms with Crippen molar-refractivity contribution in [1.29, 1.82) is 0 Å². The number of benzene rings is 1. The second-order valence-electron chi connectivity index (χ2n) is 5.07. The molecule has 0 aliphatic heterocycles. The molecular weight excluding hydrogens is 276 g/mol. The number of aromatic nitrogens is 2. The first-order valence-corrected chi connectivity index (χ1v) is 7.66. The van der Waals surface area contributed by atoms with E-state index in [1.165, 1.54) is 11.6 Å². The number of esters is 1. The number of imidazole rings is 1. The van der Waals surface area contributed by atoms with E-state index in [0.29, 0.717) is 6.61 Å². The molecule has 0 aliphatic rings. The Morgan fingerprint density at radius 3 is 2.95 bits per heavy atom. The Balaban J connectivity index is 2.20. The Bertz CT molecular complexity index is 618. The molecule has 0 N–H and O–H groups in total. The number of carbonyl (C=O) groups excluding carboxylic acids is 1. The van der Waals surface area contributed by atoms with Crippen LogP contribution in [0.25, 0.3) is 6.08 Å². The maximum absolute atomic E-state index is 11.4. The first-order valence-electron chi connectivity index (χ1n) is 7.66. The minimum atomic E-state index is -0.312. The summed E-state index contributed by atoms with van der Waals surface area (Å²) < 4.78 is 7.02. The monoisotopic (exact) mass is 298 g/mol. The maximum atomic E-state index is 11.4. The summed E-state index contributed by atoms with van der Waals surface area (Å²) in [6, 6.07) is 8.48. The van der Waals surface area contributed by atoms with Crippen LogP contribution in [-0.4, -0.2) is 22.1 Å². The molecule has 0 spiro atoms. The molecule has 1 aromatic heterocycles. The molecule has 0 bridgehead atoms. The highest BCUT2D eigenvalue weighted by atomic mass is 16.5. The molecule has 0 amide bonds. The van der Waals surface area contributed by atoms with Crippen LogP contribution in [0, 0.1) is 0 Å². The van der Waals surface area contributed by atoms with E-state index in [0.717, 1.165) is 18.4 Å². The zero-order valence-electron chi connectivity index (χ0n) is 13.1. The molecule has 1 atom stereocenters. The fraction of sp³-hybridized carbons (Fsp3) is 0.333. The van der Waals surface area contributed by atoms with Crippen LogP contribution in [0.4, 0.5) is 0 Å². The molecule has 0 fully saturated rings. The molecule has 1 heterocycles. The van der Waals surface area contributed by atoms with Gasteiger partial charge < -0.3 is 9.30 Å². The second kappa shape index (κ2) is 8.17. The fourth-order valence-corrected chi connectivity index (χ4v) is 2.44. The molecule has 4 heteroatoms. The highest BCUT2D eigenvalue weighted by Gasteiger charge is 2.12. The van der Waals surface area contributed by atoms with Gasteiger partial charge in [-0.25, -0.2) is 9.78 Å². The van der Waals surface area contributed by atoms with Gasteiger partial charge in [0.2, 0.25) is 0 Å². The Morgan fingerprint density at radius 1 is 1.41 bits per heavy atom. The molecule has 0 saturated heterocycles. The lowest BCUT2D eigenvalue weighted by Gasteiger charge is -2.18. The maximum Gasteiger partial charge on any atom is 0.330 e. The number of rotatable bonds is 7. The SMILES string of the molecule is CCCC(c1cccc(C=CC(=O)OCC)c1)n1ccnc1. The lowest BCUT2D eigenvalue weighted by Crippen LogP contribution is -2.08. The van der Waals surface area contributed by atoms with Crippen LogP contribution in [0.2, 0.25) is 0 Å². The minimum Gasteiger partial charge on any atom is -0.463 e. The van der Waals surface area contributed by atoms with E-state index >= 15 is 0 Å². The van der Waals surface area contributed by atoms with Gasteiger partial charge in [-0.15, -0.1) is 0 Å². The van der Waals surface area contributed by atoms with Crippen molar-refractivity contribution in [2.45, 2.75) is 32.7 Å². The van der Waals surface area contributed by atoms with Gasteiger partial charge in [0.1, 0.15) is 0 Å². The third-order valence-corrected chi connectivity index (χ3v) is 3.44. The summed E-state index contributed by atoms with van der Waals surface area (Å²) in [5, 5.41) is 0. The van der Waals surface area contributed by atoms with Gasteiger partial charge in [-0.2, -0.15) is 0 Å². The van der Waals surface area contributed by atoms with Gasteiger partial charge in [0.15, 0.2) is 0 Å². The zero-order valence-corrected chi connectivity index (χ0v) is 13.1. The minimum absolute atomic E-state index is 0.267. The average Bonchev–Trinajstić information content (AvgIpc) is 3.05. The van der Waals surface area contributed by atoms with Gasteiger partial charge >= 0.3 is 5.97 Å². The van der Waals surface area contributed by atoms with Crippen molar-refractivity contribution in [2.24, 2.45) is 0 Å². The number of nitrogens with zero attached hydrogens (tertiary/aromatic N) is 2. The third-order valence-electron chi connectivity index (χ3n) is 3.44. The van der Waals surface area contributed by atoms with Crippen molar-refractivity contribution in [3.63, 3.8) is 0 Å². The molecule has 4 nitrogen and oxygen atoms in total. The number of hydrogen-bond acceptors (Lipinski definition) is 3. The summed E-state index contributed by atoms with van der Waals surface area (Å²) in [4.78, 5) is 15.5. The third kappa shape index (κ3) is 4.32. The molecule has 1 unspecified atom stereocenters. The Morgan fingerprint density at radius 2 is 2.27 bits per heavy atom. The largest absolute Gasteiger partial charge is 0.463 e. The highest BCUT2D eigenvalue weighted by molar-refractivity contribution is 5.87. The lowest BCUT2D eigenvalue weighted by molar-refractivity contribution is -0.137. The number of ether oxygens (including phenoxy) is 1. The molecule has 2 rings (SSSR count). The van der Waals surface area contributed by atoms with Crippen LogP contribution in [-0.2, 0) is 9.53 Å². The first-order chi connectivity index (χ1) is 10.7. The van der Waals surface area contributed by atoms with Crippen molar-refractivity contribution < 1.29 is 9.53 Å². The molecular formula is C18H22N2O2. The van der Waals surface area contributed by atoms with Crippen molar-refractivity contribution in [3.8, 4) is 0 Å². The number of carbonyl (C=O) groups is 1. The Kier molecular flexibility index (Phi) is 5.95. The molecule has 0 radical (unpaired) electrons. The zero-order chi connectivity index (χ0) is 15.8. The van der Waals surface area contributed by atoms with Crippen molar-refractivity contribution in [3.05, 3.63) is 60.2 Å². The van der Waals surface area contributed by atoms with Crippen LogP contribution in [0.15, 0.2) is 49.1 Å². The molecule has 0 aliphatic carbocycles. The smallest absolute Gasteiger partial charge is 0.330 e. The van der Waals surface area contributed by atoms with Crippen molar-refractivity contribution >= 4 is 12.0 Å². The molecule has 0 saturated carbocycles. The van der Waals surface area contributed by atoms with Gasteiger partial charge in [0.25, 0.3) is 0 Å². The van der Waals surface area contributed by atoms with Gasteiger partial charge in [-0.1, -0.05) is 31.5 Å². The van der Waals surface area contributed by atoms with Gasteiger partial charge in [-0.05, 0) is 36.6 Å². The fourth-order valence-electron chi connectivity index (χ4n) is 2.44. The average molecular weight is 298 g/mol. The summed E-state index contributed by atoms with van der Waals surface area (Å²) in [6.45, 7) is 4.36. The van der Waals surface area contributed by atoms with Crippen molar-refractivity contribution in [1.82, 2.24) is 9.55 Å². The Labute approximate surface area is 131 Å². The predicted octanol–water partition coefficient (Wildman–Crippen LogP) is 3.85. The topological polar surface area (TPSA) is 44.1 Å². The second-order valence-corrected chi connectivity index (χ2v) is 5.07. The summed E-state index contributed by atoms with van der Waals surface area (Å²) in [5.74, 6) is -0.312. The van der Waals surface area contributed by atoms with Gasteiger partial charge in [0.05, 0.1) is 19.0 Å². The predicted molar refractivity (Wildman–Crippen MR) is 87.4 cm³/mol. The summed E-state index contributed by atoms with van der Waals surface area (Å²) in [7, 11) is 0. The van der Waals surface area contributed by atoms with Crippen LogP contribution in [0.1, 0.15) is 43.9 Å². The van der Waals surface area contributed by atoms with Crippen LogP contribution >= 0.6 is 0 Å². The van der Waals surface area contributed by atoms with Crippen molar-refractivity contribution in [2.75, 3.05) is 6.61 Å². The molecule has 22 heavy (non-hydrogen) atoms. The van der Waals surface area contributed by atoms with E-state index in [9.17, 15) is 4.79 Å². The van der Waals surface area contributed by atoms with E-state index in [2.05, 4.69) is 28.6 Å². The van der Waals surface area contributed by atoms with E-state index in [-0.39, 0.29) is 12.0 Å². The van der Waals surface area contributed by atoms with E-state index in [1.54, 1.807) is 19.2 Å². The normalized spacial score (nSPS) is 12.5. The molecule has 2 aromatic rings. The summed E-state index contributed by atoms with van der Waals surface area (Å²) >= 11 is 0.